The standard InChI is InChI=1S/C13H18O3S/c1-4-17-8-7-11(14)10-5-6-12(15-2)13(9-10)16-3/h5-6,9H,4,7-8H2,1-3H3. The lowest BCUT2D eigenvalue weighted by Gasteiger charge is -2.08. The maximum atomic E-state index is 11.9. The molecule has 1 aromatic rings. The van der Waals surface area contributed by atoms with E-state index in [1.807, 2.05) is 0 Å². The highest BCUT2D eigenvalue weighted by Gasteiger charge is 2.10. The molecule has 0 aliphatic rings. The van der Waals surface area contributed by atoms with E-state index in [1.54, 1.807) is 44.2 Å². The molecule has 0 aliphatic carbocycles. The highest BCUT2D eigenvalue weighted by molar-refractivity contribution is 7.99. The summed E-state index contributed by atoms with van der Waals surface area (Å²) >= 11 is 1.77. The van der Waals surface area contributed by atoms with Crippen LogP contribution in [0.1, 0.15) is 23.7 Å². The lowest BCUT2D eigenvalue weighted by Crippen LogP contribution is -2.02. The zero-order valence-corrected chi connectivity index (χ0v) is 11.3. The number of hydrogen-bond acceptors (Lipinski definition) is 4. The van der Waals surface area contributed by atoms with Crippen molar-refractivity contribution in [3.63, 3.8) is 0 Å². The summed E-state index contributed by atoms with van der Waals surface area (Å²) < 4.78 is 10.3. The molecule has 0 spiro atoms. The Kier molecular flexibility index (Phi) is 5.91. The van der Waals surface area contributed by atoms with Gasteiger partial charge in [-0.1, -0.05) is 6.92 Å². The third kappa shape index (κ3) is 3.97. The van der Waals surface area contributed by atoms with E-state index in [0.29, 0.717) is 23.5 Å². The van der Waals surface area contributed by atoms with Gasteiger partial charge in [0.1, 0.15) is 0 Å². The van der Waals surface area contributed by atoms with Gasteiger partial charge in [0.05, 0.1) is 14.2 Å². The van der Waals surface area contributed by atoms with Crippen LogP contribution in [0.4, 0.5) is 0 Å². The van der Waals surface area contributed by atoms with Crippen molar-refractivity contribution >= 4 is 17.5 Å². The van der Waals surface area contributed by atoms with Gasteiger partial charge in [-0.25, -0.2) is 0 Å². The molecule has 0 N–H and O–H groups in total. The van der Waals surface area contributed by atoms with Crippen molar-refractivity contribution in [1.82, 2.24) is 0 Å². The molecule has 0 heterocycles. The van der Waals surface area contributed by atoms with Crippen molar-refractivity contribution in [2.24, 2.45) is 0 Å². The summed E-state index contributed by atoms with van der Waals surface area (Å²) in [6.07, 6.45) is 0.563. The fourth-order valence-corrected chi connectivity index (χ4v) is 2.08. The third-order valence-corrected chi connectivity index (χ3v) is 3.28. The van der Waals surface area contributed by atoms with Gasteiger partial charge in [0, 0.05) is 17.7 Å². The molecule has 0 aliphatic heterocycles. The van der Waals surface area contributed by atoms with Crippen molar-refractivity contribution in [2.75, 3.05) is 25.7 Å². The molecule has 3 nitrogen and oxygen atoms in total. The van der Waals surface area contributed by atoms with Gasteiger partial charge in [-0.2, -0.15) is 11.8 Å². The predicted molar refractivity (Wildman–Crippen MR) is 71.5 cm³/mol. The SMILES string of the molecule is CCSCCC(=O)c1ccc(OC)c(OC)c1. The Morgan fingerprint density at radius 3 is 2.53 bits per heavy atom. The quantitative estimate of drug-likeness (QED) is 0.553. The zero-order chi connectivity index (χ0) is 12.7. The smallest absolute Gasteiger partial charge is 0.163 e. The van der Waals surface area contributed by atoms with Gasteiger partial charge in [-0.05, 0) is 24.0 Å². The maximum Gasteiger partial charge on any atom is 0.163 e. The first kappa shape index (κ1) is 13.9. The van der Waals surface area contributed by atoms with Gasteiger partial charge in [0.25, 0.3) is 0 Å². The van der Waals surface area contributed by atoms with E-state index in [2.05, 4.69) is 6.92 Å². The summed E-state index contributed by atoms with van der Waals surface area (Å²) in [5, 5.41) is 0. The van der Waals surface area contributed by atoms with Crippen LogP contribution in [0.5, 0.6) is 11.5 Å². The minimum atomic E-state index is 0.145. The Morgan fingerprint density at radius 1 is 1.24 bits per heavy atom. The van der Waals surface area contributed by atoms with E-state index < -0.39 is 0 Å². The average Bonchev–Trinajstić information content (AvgIpc) is 2.38. The summed E-state index contributed by atoms with van der Waals surface area (Å²) in [6.45, 7) is 2.09. The molecule has 94 valence electrons. The molecule has 1 aromatic carbocycles. The topological polar surface area (TPSA) is 35.5 Å². The fourth-order valence-electron chi connectivity index (χ4n) is 1.46. The predicted octanol–water partition coefficient (Wildman–Crippen LogP) is 3.03. The number of benzene rings is 1. The Morgan fingerprint density at radius 2 is 1.94 bits per heavy atom. The van der Waals surface area contributed by atoms with E-state index >= 15 is 0 Å². The average molecular weight is 254 g/mol. The molecule has 0 radical (unpaired) electrons. The number of hydrogen-bond donors (Lipinski definition) is 0. The summed E-state index contributed by atoms with van der Waals surface area (Å²) in [6, 6.07) is 5.27. The molecule has 1 rings (SSSR count). The normalized spacial score (nSPS) is 10.1. The molecule has 0 amide bonds. The van der Waals surface area contributed by atoms with Crippen molar-refractivity contribution in [3.05, 3.63) is 23.8 Å². The van der Waals surface area contributed by atoms with Crippen LogP contribution >= 0.6 is 11.8 Å². The van der Waals surface area contributed by atoms with Gasteiger partial charge in [-0.3, -0.25) is 4.79 Å². The van der Waals surface area contributed by atoms with E-state index in [-0.39, 0.29) is 5.78 Å². The van der Waals surface area contributed by atoms with E-state index in [4.69, 9.17) is 9.47 Å². The molecule has 0 aromatic heterocycles. The minimum absolute atomic E-state index is 0.145. The summed E-state index contributed by atoms with van der Waals surface area (Å²) in [5.74, 6) is 3.29. The fraction of sp³-hybridized carbons (Fsp3) is 0.462. The number of Topliss-reactive ketones (excluding diaryl/α,β-unsaturated/α-hetero) is 1. The van der Waals surface area contributed by atoms with Crippen LogP contribution in [0.25, 0.3) is 0 Å². The number of ether oxygens (including phenoxy) is 2. The van der Waals surface area contributed by atoms with Crippen molar-refractivity contribution in [2.45, 2.75) is 13.3 Å². The lowest BCUT2D eigenvalue weighted by molar-refractivity contribution is 0.0989. The van der Waals surface area contributed by atoms with Crippen LogP contribution < -0.4 is 9.47 Å². The minimum Gasteiger partial charge on any atom is -0.493 e. The second-order valence-corrected chi connectivity index (χ2v) is 4.83. The highest BCUT2D eigenvalue weighted by Crippen LogP contribution is 2.28. The second-order valence-electron chi connectivity index (χ2n) is 3.44. The van der Waals surface area contributed by atoms with Gasteiger partial charge >= 0.3 is 0 Å². The van der Waals surface area contributed by atoms with E-state index in [1.165, 1.54) is 0 Å². The van der Waals surface area contributed by atoms with Gasteiger partial charge in [0.2, 0.25) is 0 Å². The molecule has 0 unspecified atom stereocenters. The van der Waals surface area contributed by atoms with Gasteiger partial charge < -0.3 is 9.47 Å². The first-order valence-electron chi connectivity index (χ1n) is 5.55. The molecule has 4 heteroatoms. The van der Waals surface area contributed by atoms with Crippen molar-refractivity contribution < 1.29 is 14.3 Å². The Labute approximate surface area is 106 Å². The summed E-state index contributed by atoms with van der Waals surface area (Å²) in [7, 11) is 3.15. The maximum absolute atomic E-state index is 11.9. The van der Waals surface area contributed by atoms with Gasteiger partial charge in [0.15, 0.2) is 17.3 Å². The zero-order valence-electron chi connectivity index (χ0n) is 10.5. The summed E-state index contributed by atoms with van der Waals surface area (Å²) in [5.41, 5.74) is 0.680. The first-order valence-corrected chi connectivity index (χ1v) is 6.71. The summed E-state index contributed by atoms with van der Waals surface area (Å²) in [4.78, 5) is 11.9. The van der Waals surface area contributed by atoms with E-state index in [9.17, 15) is 4.79 Å². The van der Waals surface area contributed by atoms with Crippen molar-refractivity contribution in [1.29, 1.82) is 0 Å². The number of ketones is 1. The second kappa shape index (κ2) is 7.22. The van der Waals surface area contributed by atoms with Crippen LogP contribution in [-0.4, -0.2) is 31.5 Å². The molecule has 0 fully saturated rings. The number of thioether (sulfide) groups is 1. The number of rotatable bonds is 7. The number of carbonyl (C=O) groups excluding carboxylic acids is 1. The van der Waals surface area contributed by atoms with Crippen molar-refractivity contribution in [3.8, 4) is 11.5 Å². The van der Waals surface area contributed by atoms with Crippen LogP contribution in [-0.2, 0) is 0 Å². The molecule has 0 bridgehead atoms. The largest absolute Gasteiger partial charge is 0.493 e. The van der Waals surface area contributed by atoms with Crippen LogP contribution in [0, 0.1) is 0 Å². The third-order valence-electron chi connectivity index (χ3n) is 2.38. The number of carbonyl (C=O) groups is 1. The monoisotopic (exact) mass is 254 g/mol. The molecule has 17 heavy (non-hydrogen) atoms. The number of methoxy groups -OCH3 is 2. The molecule has 0 saturated carbocycles. The Balaban J connectivity index is 2.74. The Hall–Kier alpha value is -1.16. The molecule has 0 atom stereocenters. The van der Waals surface area contributed by atoms with Crippen LogP contribution in [0.2, 0.25) is 0 Å². The lowest BCUT2D eigenvalue weighted by atomic mass is 10.1. The molecular weight excluding hydrogens is 236 g/mol. The first-order chi connectivity index (χ1) is 8.22. The van der Waals surface area contributed by atoms with Gasteiger partial charge in [-0.15, -0.1) is 0 Å². The molecule has 0 saturated heterocycles. The molecular formula is C13H18O3S. The highest BCUT2D eigenvalue weighted by atomic mass is 32.2. The Bertz CT molecular complexity index is 377. The van der Waals surface area contributed by atoms with E-state index in [0.717, 1.165) is 11.5 Å². The van der Waals surface area contributed by atoms with Crippen LogP contribution in [0.15, 0.2) is 18.2 Å². The van der Waals surface area contributed by atoms with Crippen LogP contribution in [0.3, 0.4) is 0 Å².